The molecule has 0 radical (unpaired) electrons. The molecule has 1 aliphatic rings. The van der Waals surface area contributed by atoms with Crippen molar-refractivity contribution in [3.8, 4) is 0 Å². The van der Waals surface area contributed by atoms with E-state index in [4.69, 9.17) is 0 Å². The molecule has 4 amide bonds. The summed E-state index contributed by atoms with van der Waals surface area (Å²) in [5, 5.41) is 6.94. The van der Waals surface area contributed by atoms with Crippen LogP contribution in [0.4, 0.5) is 20.2 Å². The second-order valence-corrected chi connectivity index (χ2v) is 8.17. The maximum absolute atomic E-state index is 14.1. The number of rotatable bonds is 7. The number of nitrogens with one attached hydrogen (secondary N) is 3. The van der Waals surface area contributed by atoms with E-state index >= 15 is 0 Å². The van der Waals surface area contributed by atoms with E-state index in [1.54, 1.807) is 24.3 Å². The van der Waals surface area contributed by atoms with Gasteiger partial charge in [-0.25, -0.2) is 8.78 Å². The molecular weight excluding hydrogens is 470 g/mol. The van der Waals surface area contributed by atoms with Crippen molar-refractivity contribution >= 4 is 35.0 Å². The zero-order valence-corrected chi connectivity index (χ0v) is 19.2. The van der Waals surface area contributed by atoms with Crippen molar-refractivity contribution in [3.05, 3.63) is 95.1 Å². The minimum atomic E-state index is -1.05. The molecule has 1 aliphatic heterocycles. The molecule has 0 bridgehead atoms. The van der Waals surface area contributed by atoms with Crippen molar-refractivity contribution in [2.75, 3.05) is 17.2 Å². The molecule has 3 aromatic rings. The maximum Gasteiger partial charge on any atom is 0.255 e. The van der Waals surface area contributed by atoms with Crippen molar-refractivity contribution in [1.29, 1.82) is 0 Å². The standard InChI is InChI=1S/C26H22F2N4O4/c1-15(33)30-21-12-22(20(28)11-19(21)27)31-23(34)13-29-25(35)24-17-9-5-6-10-18(17)26(36)32(24)14-16-7-3-2-4-8-16/h2-12,24H,13-14H2,1H3,(H,29,35)(H,30,33)(H,31,34). The fourth-order valence-electron chi connectivity index (χ4n) is 3.98. The number of hydrogen-bond acceptors (Lipinski definition) is 4. The second kappa shape index (κ2) is 10.3. The first-order chi connectivity index (χ1) is 17.2. The average molecular weight is 492 g/mol. The molecule has 10 heteroatoms. The molecule has 4 rings (SSSR count). The third-order valence-corrected chi connectivity index (χ3v) is 5.57. The summed E-state index contributed by atoms with van der Waals surface area (Å²) < 4.78 is 28.0. The van der Waals surface area contributed by atoms with E-state index < -0.39 is 41.9 Å². The van der Waals surface area contributed by atoms with Crippen molar-refractivity contribution in [2.45, 2.75) is 19.5 Å². The van der Waals surface area contributed by atoms with Crippen LogP contribution in [-0.4, -0.2) is 35.1 Å². The van der Waals surface area contributed by atoms with Gasteiger partial charge in [0.25, 0.3) is 5.91 Å². The van der Waals surface area contributed by atoms with E-state index in [1.807, 2.05) is 30.3 Å². The number of halogens is 2. The van der Waals surface area contributed by atoms with Crippen LogP contribution in [-0.2, 0) is 20.9 Å². The summed E-state index contributed by atoms with van der Waals surface area (Å²) >= 11 is 0. The minimum absolute atomic E-state index is 0.186. The van der Waals surface area contributed by atoms with Gasteiger partial charge in [-0.2, -0.15) is 0 Å². The lowest BCUT2D eigenvalue weighted by atomic mass is 10.0. The van der Waals surface area contributed by atoms with Gasteiger partial charge in [-0.05, 0) is 23.3 Å². The summed E-state index contributed by atoms with van der Waals surface area (Å²) in [7, 11) is 0. The topological polar surface area (TPSA) is 108 Å². The number of carbonyl (C=O) groups excluding carboxylic acids is 4. The Kier molecular flexibility index (Phi) is 7.05. The van der Waals surface area contributed by atoms with E-state index in [0.29, 0.717) is 17.2 Å². The summed E-state index contributed by atoms with van der Waals surface area (Å²) in [6.07, 6.45) is 0. The molecule has 0 fully saturated rings. The number of amides is 4. The molecule has 0 saturated carbocycles. The van der Waals surface area contributed by atoms with E-state index in [1.165, 1.54) is 4.90 Å². The summed E-state index contributed by atoms with van der Waals surface area (Å²) in [4.78, 5) is 51.2. The van der Waals surface area contributed by atoms with Gasteiger partial charge in [0.05, 0.1) is 17.9 Å². The molecule has 0 saturated heterocycles. The molecule has 0 spiro atoms. The molecule has 1 atom stereocenters. The predicted molar refractivity (Wildman–Crippen MR) is 128 cm³/mol. The first-order valence-corrected chi connectivity index (χ1v) is 11.0. The van der Waals surface area contributed by atoms with Crippen LogP contribution in [0.5, 0.6) is 0 Å². The Labute approximate surface area is 205 Å². The predicted octanol–water partition coefficient (Wildman–Crippen LogP) is 3.38. The Morgan fingerprint density at radius 2 is 1.53 bits per heavy atom. The SMILES string of the molecule is CC(=O)Nc1cc(NC(=O)CNC(=O)C2c3ccccc3C(=O)N2Cc2ccccc2)c(F)cc1F. The Bertz CT molecular complexity index is 1350. The van der Waals surface area contributed by atoms with Crippen LogP contribution in [0.25, 0.3) is 0 Å². The van der Waals surface area contributed by atoms with Gasteiger partial charge < -0.3 is 20.9 Å². The minimum Gasteiger partial charge on any atom is -0.345 e. The zero-order valence-electron chi connectivity index (χ0n) is 19.2. The molecule has 3 aromatic carbocycles. The molecule has 8 nitrogen and oxygen atoms in total. The third kappa shape index (κ3) is 5.22. The number of benzene rings is 3. The molecule has 3 N–H and O–H groups in total. The largest absolute Gasteiger partial charge is 0.345 e. The number of hydrogen-bond donors (Lipinski definition) is 3. The van der Waals surface area contributed by atoms with Gasteiger partial charge in [-0.15, -0.1) is 0 Å². The van der Waals surface area contributed by atoms with Crippen molar-refractivity contribution in [1.82, 2.24) is 10.2 Å². The third-order valence-electron chi connectivity index (χ3n) is 5.57. The fourth-order valence-corrected chi connectivity index (χ4v) is 3.98. The number of nitrogens with zero attached hydrogens (tertiary/aromatic N) is 1. The van der Waals surface area contributed by atoms with Crippen LogP contribution in [0.1, 0.15) is 34.5 Å². The number of fused-ring (bicyclic) bond motifs is 1. The van der Waals surface area contributed by atoms with Crippen molar-refractivity contribution < 1.29 is 28.0 Å². The first kappa shape index (κ1) is 24.5. The van der Waals surface area contributed by atoms with Gasteiger partial charge in [0, 0.05) is 25.1 Å². The van der Waals surface area contributed by atoms with Gasteiger partial charge >= 0.3 is 0 Å². The maximum atomic E-state index is 14.1. The van der Waals surface area contributed by atoms with Crippen LogP contribution in [0.2, 0.25) is 0 Å². The molecule has 0 aromatic heterocycles. The van der Waals surface area contributed by atoms with E-state index in [2.05, 4.69) is 16.0 Å². The van der Waals surface area contributed by atoms with Gasteiger partial charge in [-0.3, -0.25) is 19.2 Å². The highest BCUT2D eigenvalue weighted by atomic mass is 19.1. The molecule has 184 valence electrons. The Morgan fingerprint density at radius 3 is 2.22 bits per heavy atom. The van der Waals surface area contributed by atoms with E-state index in [9.17, 15) is 28.0 Å². The highest BCUT2D eigenvalue weighted by molar-refractivity contribution is 6.05. The van der Waals surface area contributed by atoms with Crippen molar-refractivity contribution in [2.24, 2.45) is 0 Å². The Balaban J connectivity index is 1.47. The first-order valence-electron chi connectivity index (χ1n) is 11.0. The van der Waals surface area contributed by atoms with Crippen LogP contribution >= 0.6 is 0 Å². The summed E-state index contributed by atoms with van der Waals surface area (Å²) in [5.41, 5.74) is 1.07. The van der Waals surface area contributed by atoms with Gasteiger partial charge in [0.15, 0.2) is 0 Å². The normalized spacial score (nSPS) is 14.2. The Morgan fingerprint density at radius 1 is 0.889 bits per heavy atom. The van der Waals surface area contributed by atoms with Crippen LogP contribution in [0.3, 0.4) is 0 Å². The average Bonchev–Trinajstić information content (AvgIpc) is 3.12. The van der Waals surface area contributed by atoms with E-state index in [-0.39, 0.29) is 23.8 Å². The molecular formula is C26H22F2N4O4. The monoisotopic (exact) mass is 492 g/mol. The Hall–Kier alpha value is -4.60. The highest BCUT2D eigenvalue weighted by Crippen LogP contribution is 2.35. The number of carbonyl (C=O) groups is 4. The number of anilines is 2. The summed E-state index contributed by atoms with van der Waals surface area (Å²) in [5.74, 6) is -4.30. The van der Waals surface area contributed by atoms with Gasteiger partial charge in [0.1, 0.15) is 17.7 Å². The van der Waals surface area contributed by atoms with Crippen molar-refractivity contribution in [3.63, 3.8) is 0 Å². The quantitative estimate of drug-likeness (QED) is 0.470. The van der Waals surface area contributed by atoms with Crippen LogP contribution < -0.4 is 16.0 Å². The smallest absolute Gasteiger partial charge is 0.255 e. The molecule has 36 heavy (non-hydrogen) atoms. The van der Waals surface area contributed by atoms with Gasteiger partial charge in [0.2, 0.25) is 17.7 Å². The lowest BCUT2D eigenvalue weighted by Gasteiger charge is -2.24. The van der Waals surface area contributed by atoms with Crippen LogP contribution in [0, 0.1) is 11.6 Å². The summed E-state index contributed by atoms with van der Waals surface area (Å²) in [6.45, 7) is 0.812. The molecule has 1 unspecified atom stereocenters. The fraction of sp³-hybridized carbons (Fsp3) is 0.154. The highest BCUT2D eigenvalue weighted by Gasteiger charge is 2.40. The lowest BCUT2D eigenvalue weighted by molar-refractivity contribution is -0.127. The molecule has 0 aliphatic carbocycles. The van der Waals surface area contributed by atoms with Crippen LogP contribution in [0.15, 0.2) is 66.7 Å². The lowest BCUT2D eigenvalue weighted by Crippen LogP contribution is -2.41. The van der Waals surface area contributed by atoms with E-state index in [0.717, 1.165) is 18.6 Å². The van der Waals surface area contributed by atoms with Gasteiger partial charge in [-0.1, -0.05) is 48.5 Å². The summed E-state index contributed by atoms with van der Waals surface area (Å²) in [6, 6.07) is 16.4. The molecule has 1 heterocycles. The zero-order chi connectivity index (χ0) is 25.8. The second-order valence-electron chi connectivity index (χ2n) is 8.17.